The Morgan fingerprint density at radius 1 is 1.19 bits per heavy atom. The maximum atomic E-state index is 12.9. The summed E-state index contributed by atoms with van der Waals surface area (Å²) in [5.74, 6) is -0.134. The normalized spacial score (nSPS) is 10.5. The van der Waals surface area contributed by atoms with Crippen LogP contribution in [0.25, 0.3) is 10.6 Å². The van der Waals surface area contributed by atoms with Crippen LogP contribution in [0.3, 0.4) is 0 Å². The lowest BCUT2D eigenvalue weighted by Crippen LogP contribution is -2.31. The fraction of sp³-hybridized carbons (Fsp3) is 0.211. The Morgan fingerprint density at radius 3 is 2.65 bits per heavy atom. The Morgan fingerprint density at radius 2 is 2.00 bits per heavy atom. The maximum Gasteiger partial charge on any atom is 0.261 e. The number of aldehydes is 1. The highest BCUT2D eigenvalue weighted by Crippen LogP contribution is 2.29. The van der Waals surface area contributed by atoms with Crippen molar-refractivity contribution >= 4 is 28.7 Å². The number of amides is 1. The topological polar surface area (TPSA) is 76.1 Å². The van der Waals surface area contributed by atoms with E-state index in [1.165, 1.54) is 11.3 Å². The Kier molecular flexibility index (Phi) is 5.80. The second-order valence-electron chi connectivity index (χ2n) is 5.68. The van der Waals surface area contributed by atoms with Crippen molar-refractivity contribution in [3.05, 3.63) is 59.9 Å². The zero-order valence-corrected chi connectivity index (χ0v) is 15.1. The molecule has 132 valence electrons. The maximum absolute atomic E-state index is 12.9. The van der Waals surface area contributed by atoms with Crippen molar-refractivity contribution in [2.24, 2.45) is 0 Å². The van der Waals surface area contributed by atoms with Crippen molar-refractivity contribution in [1.82, 2.24) is 15.2 Å². The third kappa shape index (κ3) is 4.00. The highest BCUT2D eigenvalue weighted by Gasteiger charge is 2.21. The summed E-state index contributed by atoms with van der Waals surface area (Å²) in [6.07, 6.45) is 5.83. The van der Waals surface area contributed by atoms with E-state index in [1.807, 2.05) is 12.1 Å². The quantitative estimate of drug-likeness (QED) is 0.594. The number of hydrogen-bond acceptors (Lipinski definition) is 6. The largest absolute Gasteiger partial charge is 0.298 e. The van der Waals surface area contributed by atoms with Crippen LogP contribution < -0.4 is 4.90 Å². The van der Waals surface area contributed by atoms with E-state index < -0.39 is 0 Å². The van der Waals surface area contributed by atoms with Gasteiger partial charge in [-0.15, -0.1) is 10.2 Å². The first-order valence-corrected chi connectivity index (χ1v) is 9.15. The van der Waals surface area contributed by atoms with Crippen LogP contribution >= 0.6 is 11.3 Å². The monoisotopic (exact) mass is 366 g/mol. The van der Waals surface area contributed by atoms with Crippen molar-refractivity contribution in [3.63, 3.8) is 0 Å². The highest BCUT2D eigenvalue weighted by molar-refractivity contribution is 7.18. The van der Waals surface area contributed by atoms with E-state index in [4.69, 9.17) is 0 Å². The van der Waals surface area contributed by atoms with E-state index in [2.05, 4.69) is 22.1 Å². The average Bonchev–Trinajstić information content (AvgIpc) is 3.19. The summed E-state index contributed by atoms with van der Waals surface area (Å²) in [4.78, 5) is 29.3. The molecule has 2 heterocycles. The number of carbonyl (C=O) groups is 2. The minimum absolute atomic E-state index is 0.134. The summed E-state index contributed by atoms with van der Waals surface area (Å²) in [5, 5.41) is 9.70. The Labute approximate surface area is 155 Å². The van der Waals surface area contributed by atoms with Crippen LogP contribution in [0.1, 0.15) is 40.5 Å². The van der Waals surface area contributed by atoms with E-state index in [-0.39, 0.29) is 5.91 Å². The number of anilines is 1. The molecule has 0 bridgehead atoms. The Hall–Kier alpha value is -2.93. The fourth-order valence-electron chi connectivity index (χ4n) is 2.39. The zero-order chi connectivity index (χ0) is 18.4. The summed E-state index contributed by atoms with van der Waals surface area (Å²) in [6.45, 7) is 2.65. The van der Waals surface area contributed by atoms with Gasteiger partial charge in [-0.1, -0.05) is 48.9 Å². The number of pyridine rings is 1. The number of nitrogens with zero attached hydrogens (tertiary/aromatic N) is 4. The van der Waals surface area contributed by atoms with Gasteiger partial charge in [-0.05, 0) is 18.6 Å². The lowest BCUT2D eigenvalue weighted by molar-refractivity contribution is 0.0985. The minimum Gasteiger partial charge on any atom is -0.298 e. The molecule has 0 fully saturated rings. The lowest BCUT2D eigenvalue weighted by atomic mass is 10.2. The van der Waals surface area contributed by atoms with E-state index in [1.54, 1.807) is 41.6 Å². The van der Waals surface area contributed by atoms with Gasteiger partial charge in [0.1, 0.15) is 11.3 Å². The first kappa shape index (κ1) is 17.9. The summed E-state index contributed by atoms with van der Waals surface area (Å²) in [5.41, 5.74) is 1.99. The standard InChI is InChI=1S/C19H18N4O2S/c1-2-3-11-23(18(25)16-5-4-10-20-12-16)19-22-21-17(26-19)15-8-6-14(13-24)7-9-15/h4-10,12-13H,2-3,11H2,1H3. The van der Waals surface area contributed by atoms with Gasteiger partial charge < -0.3 is 0 Å². The molecule has 0 spiro atoms. The summed E-state index contributed by atoms with van der Waals surface area (Å²) in [6, 6.07) is 10.6. The van der Waals surface area contributed by atoms with E-state index in [0.29, 0.717) is 27.8 Å². The molecule has 6 nitrogen and oxygen atoms in total. The molecule has 7 heteroatoms. The molecule has 0 aliphatic carbocycles. The number of hydrogen-bond donors (Lipinski definition) is 0. The molecule has 0 radical (unpaired) electrons. The van der Waals surface area contributed by atoms with Gasteiger partial charge in [0.25, 0.3) is 5.91 Å². The lowest BCUT2D eigenvalue weighted by Gasteiger charge is -2.18. The van der Waals surface area contributed by atoms with Gasteiger partial charge >= 0.3 is 0 Å². The van der Waals surface area contributed by atoms with E-state index >= 15 is 0 Å². The third-order valence-electron chi connectivity index (χ3n) is 3.83. The van der Waals surface area contributed by atoms with Crippen LogP contribution in [0.2, 0.25) is 0 Å². The van der Waals surface area contributed by atoms with Crippen molar-refractivity contribution in [2.75, 3.05) is 11.4 Å². The van der Waals surface area contributed by atoms with Crippen LogP contribution in [-0.4, -0.2) is 33.9 Å². The summed E-state index contributed by atoms with van der Waals surface area (Å²) >= 11 is 1.36. The SMILES string of the molecule is CCCCN(C(=O)c1cccnc1)c1nnc(-c2ccc(C=O)cc2)s1. The van der Waals surface area contributed by atoms with Gasteiger partial charge in [0.15, 0.2) is 0 Å². The van der Waals surface area contributed by atoms with Gasteiger partial charge in [-0.25, -0.2) is 0 Å². The Balaban J connectivity index is 1.88. The molecule has 0 N–H and O–H groups in total. The smallest absolute Gasteiger partial charge is 0.261 e. The van der Waals surface area contributed by atoms with Crippen molar-refractivity contribution in [1.29, 1.82) is 0 Å². The molecule has 0 saturated heterocycles. The third-order valence-corrected chi connectivity index (χ3v) is 4.82. The average molecular weight is 366 g/mol. The van der Waals surface area contributed by atoms with Crippen LogP contribution in [0.4, 0.5) is 5.13 Å². The van der Waals surface area contributed by atoms with Gasteiger partial charge in [0.05, 0.1) is 5.56 Å². The molecule has 1 amide bonds. The molecule has 0 unspecified atom stereocenters. The van der Waals surface area contributed by atoms with Crippen LogP contribution in [0.15, 0.2) is 48.8 Å². The first-order chi connectivity index (χ1) is 12.7. The molecule has 3 aromatic rings. The van der Waals surface area contributed by atoms with Gasteiger partial charge in [-0.2, -0.15) is 0 Å². The summed E-state index contributed by atoms with van der Waals surface area (Å²) in [7, 11) is 0. The van der Waals surface area contributed by atoms with Gasteiger partial charge in [0.2, 0.25) is 5.13 Å². The van der Waals surface area contributed by atoms with Crippen LogP contribution in [0, 0.1) is 0 Å². The molecule has 26 heavy (non-hydrogen) atoms. The predicted octanol–water partition coefficient (Wildman–Crippen LogP) is 3.86. The summed E-state index contributed by atoms with van der Waals surface area (Å²) < 4.78 is 0. The highest BCUT2D eigenvalue weighted by atomic mass is 32.1. The number of carbonyl (C=O) groups excluding carboxylic acids is 2. The number of benzene rings is 1. The molecule has 0 saturated carbocycles. The Bertz CT molecular complexity index is 878. The van der Waals surface area contributed by atoms with E-state index in [9.17, 15) is 9.59 Å². The number of unbranched alkanes of at least 4 members (excludes halogenated alkanes) is 1. The molecular weight excluding hydrogens is 348 g/mol. The molecule has 2 aromatic heterocycles. The van der Waals surface area contributed by atoms with Crippen molar-refractivity contribution in [2.45, 2.75) is 19.8 Å². The minimum atomic E-state index is -0.134. The molecule has 0 aliphatic rings. The van der Waals surface area contributed by atoms with Crippen LogP contribution in [-0.2, 0) is 0 Å². The molecule has 0 aliphatic heterocycles. The van der Waals surface area contributed by atoms with E-state index in [0.717, 1.165) is 24.7 Å². The molecular formula is C19H18N4O2S. The van der Waals surface area contributed by atoms with Gasteiger partial charge in [0, 0.05) is 30.1 Å². The second-order valence-corrected chi connectivity index (χ2v) is 6.64. The first-order valence-electron chi connectivity index (χ1n) is 8.34. The molecule has 0 atom stereocenters. The van der Waals surface area contributed by atoms with Crippen molar-refractivity contribution in [3.8, 4) is 10.6 Å². The predicted molar refractivity (Wildman–Crippen MR) is 102 cm³/mol. The second kappa shape index (κ2) is 8.44. The van der Waals surface area contributed by atoms with Crippen LogP contribution in [0.5, 0.6) is 0 Å². The van der Waals surface area contributed by atoms with Crippen molar-refractivity contribution < 1.29 is 9.59 Å². The number of rotatable bonds is 7. The zero-order valence-electron chi connectivity index (χ0n) is 14.3. The molecule has 3 rings (SSSR count). The van der Waals surface area contributed by atoms with Gasteiger partial charge in [-0.3, -0.25) is 19.5 Å². The molecule has 1 aromatic carbocycles. The number of aromatic nitrogens is 3. The fourth-order valence-corrected chi connectivity index (χ4v) is 3.27.